The predicted octanol–water partition coefficient (Wildman–Crippen LogP) is 2.19. The van der Waals surface area contributed by atoms with Crippen molar-refractivity contribution in [3.8, 4) is 0 Å². The number of amides is 2. The van der Waals surface area contributed by atoms with Gasteiger partial charge in [0, 0.05) is 19.2 Å². The molecule has 86 valence electrons. The summed E-state index contributed by atoms with van der Waals surface area (Å²) in [5.74, 6) is 1.05. The maximum Gasteiger partial charge on any atom is 0.323 e. The lowest BCUT2D eigenvalue weighted by Gasteiger charge is -2.18. The first-order valence-corrected chi connectivity index (χ1v) is 4.88. The highest BCUT2D eigenvalue weighted by Crippen LogP contribution is 2.08. The molecule has 0 aromatic carbocycles. The molecule has 2 amide bonds. The van der Waals surface area contributed by atoms with E-state index < -0.39 is 0 Å². The topological polar surface area (TPSA) is 58.4 Å². The Morgan fingerprint density at radius 3 is 2.62 bits per heavy atom. The van der Waals surface area contributed by atoms with Gasteiger partial charge in [0.15, 0.2) is 5.82 Å². The molecule has 0 aliphatic rings. The van der Waals surface area contributed by atoms with Crippen molar-refractivity contribution in [1.29, 1.82) is 0 Å². The van der Waals surface area contributed by atoms with Gasteiger partial charge < -0.3 is 9.42 Å². The van der Waals surface area contributed by atoms with E-state index in [1.807, 2.05) is 0 Å². The Bertz CT molecular complexity index is 374. The van der Waals surface area contributed by atoms with Crippen molar-refractivity contribution in [2.45, 2.75) is 6.92 Å². The van der Waals surface area contributed by atoms with Crippen molar-refractivity contribution in [1.82, 2.24) is 10.1 Å². The molecular formula is C11H15N3O2. The monoisotopic (exact) mass is 221 g/mol. The molecule has 1 heterocycles. The number of hydrogen-bond donors (Lipinski definition) is 1. The second kappa shape index (κ2) is 5.75. The van der Waals surface area contributed by atoms with Crippen LogP contribution in [0.15, 0.2) is 35.9 Å². The Labute approximate surface area is 94.4 Å². The van der Waals surface area contributed by atoms with Crippen LogP contribution in [0.2, 0.25) is 0 Å². The molecule has 1 aromatic heterocycles. The molecule has 1 rings (SSSR count). The van der Waals surface area contributed by atoms with Crippen molar-refractivity contribution in [2.24, 2.45) is 0 Å². The fourth-order valence-electron chi connectivity index (χ4n) is 1.17. The number of carbonyl (C=O) groups is 1. The molecule has 0 aliphatic heterocycles. The van der Waals surface area contributed by atoms with E-state index in [4.69, 9.17) is 4.52 Å². The zero-order valence-electron chi connectivity index (χ0n) is 9.27. The normalized spacial score (nSPS) is 9.56. The number of urea groups is 1. The van der Waals surface area contributed by atoms with Crippen molar-refractivity contribution in [3.63, 3.8) is 0 Å². The predicted molar refractivity (Wildman–Crippen MR) is 62.2 cm³/mol. The second-order valence-corrected chi connectivity index (χ2v) is 3.24. The lowest BCUT2D eigenvalue weighted by Crippen LogP contribution is -2.35. The third-order valence-corrected chi connectivity index (χ3v) is 1.85. The Morgan fingerprint density at radius 1 is 1.56 bits per heavy atom. The van der Waals surface area contributed by atoms with E-state index in [9.17, 15) is 4.79 Å². The van der Waals surface area contributed by atoms with E-state index in [-0.39, 0.29) is 6.03 Å². The number of hydrogen-bond acceptors (Lipinski definition) is 3. The third kappa shape index (κ3) is 3.27. The van der Waals surface area contributed by atoms with E-state index >= 15 is 0 Å². The zero-order chi connectivity index (χ0) is 12.0. The van der Waals surface area contributed by atoms with Crippen LogP contribution in [0.25, 0.3) is 0 Å². The van der Waals surface area contributed by atoms with Gasteiger partial charge in [0.2, 0.25) is 0 Å². The fourth-order valence-corrected chi connectivity index (χ4v) is 1.17. The van der Waals surface area contributed by atoms with Crippen LogP contribution in [-0.2, 0) is 0 Å². The largest absolute Gasteiger partial charge is 0.360 e. The highest BCUT2D eigenvalue weighted by molar-refractivity contribution is 5.88. The number of aryl methyl sites for hydroxylation is 1. The molecule has 0 atom stereocenters. The van der Waals surface area contributed by atoms with Gasteiger partial charge in [0.25, 0.3) is 0 Å². The Hall–Kier alpha value is -2.04. The lowest BCUT2D eigenvalue weighted by molar-refractivity contribution is 0.222. The van der Waals surface area contributed by atoms with Gasteiger partial charge in [0.1, 0.15) is 5.76 Å². The van der Waals surface area contributed by atoms with Gasteiger partial charge in [-0.05, 0) is 6.92 Å². The number of nitrogens with zero attached hydrogens (tertiary/aromatic N) is 2. The molecule has 0 unspecified atom stereocenters. The van der Waals surface area contributed by atoms with Gasteiger partial charge in [-0.1, -0.05) is 17.3 Å². The highest BCUT2D eigenvalue weighted by atomic mass is 16.5. The maximum atomic E-state index is 11.7. The van der Waals surface area contributed by atoms with Crippen LogP contribution in [-0.4, -0.2) is 29.2 Å². The van der Waals surface area contributed by atoms with Gasteiger partial charge in [-0.15, -0.1) is 13.2 Å². The summed E-state index contributed by atoms with van der Waals surface area (Å²) in [4.78, 5) is 13.3. The van der Waals surface area contributed by atoms with E-state index in [0.29, 0.717) is 24.7 Å². The van der Waals surface area contributed by atoms with Gasteiger partial charge in [-0.25, -0.2) is 4.79 Å². The summed E-state index contributed by atoms with van der Waals surface area (Å²) in [5, 5.41) is 6.29. The van der Waals surface area contributed by atoms with Crippen LogP contribution in [0.4, 0.5) is 10.6 Å². The van der Waals surface area contributed by atoms with E-state index in [2.05, 4.69) is 23.6 Å². The molecule has 0 saturated heterocycles. The summed E-state index contributed by atoms with van der Waals surface area (Å²) in [6.07, 6.45) is 3.30. The molecule has 0 spiro atoms. The minimum atomic E-state index is -0.256. The van der Waals surface area contributed by atoms with Gasteiger partial charge >= 0.3 is 6.03 Å². The first-order valence-electron chi connectivity index (χ1n) is 4.88. The van der Waals surface area contributed by atoms with Crippen LogP contribution in [0.1, 0.15) is 5.76 Å². The average molecular weight is 221 g/mol. The molecular weight excluding hydrogens is 206 g/mol. The molecule has 1 N–H and O–H groups in total. The van der Waals surface area contributed by atoms with Gasteiger partial charge in [-0.2, -0.15) is 0 Å². The first-order chi connectivity index (χ1) is 7.67. The van der Waals surface area contributed by atoms with Crippen LogP contribution in [0, 0.1) is 6.92 Å². The van der Waals surface area contributed by atoms with Crippen LogP contribution >= 0.6 is 0 Å². The van der Waals surface area contributed by atoms with Crippen molar-refractivity contribution in [2.75, 3.05) is 18.4 Å². The molecule has 16 heavy (non-hydrogen) atoms. The van der Waals surface area contributed by atoms with Crippen molar-refractivity contribution in [3.05, 3.63) is 37.1 Å². The average Bonchev–Trinajstić information content (AvgIpc) is 2.63. The van der Waals surface area contributed by atoms with E-state index in [0.717, 1.165) is 0 Å². The van der Waals surface area contributed by atoms with Gasteiger partial charge in [-0.3, -0.25) is 5.32 Å². The zero-order valence-corrected chi connectivity index (χ0v) is 9.27. The van der Waals surface area contributed by atoms with Crippen LogP contribution in [0.5, 0.6) is 0 Å². The summed E-state index contributed by atoms with van der Waals surface area (Å²) in [6, 6.07) is 1.39. The Kier molecular flexibility index (Phi) is 4.32. The molecule has 0 radical (unpaired) electrons. The number of aromatic nitrogens is 1. The van der Waals surface area contributed by atoms with Crippen LogP contribution < -0.4 is 5.32 Å². The second-order valence-electron chi connectivity index (χ2n) is 3.24. The summed E-state index contributed by atoms with van der Waals surface area (Å²) < 4.78 is 4.84. The maximum absolute atomic E-state index is 11.7. The summed E-state index contributed by atoms with van der Waals surface area (Å²) in [6.45, 7) is 9.84. The first kappa shape index (κ1) is 12.0. The molecule has 0 bridgehead atoms. The SMILES string of the molecule is C=CCN(CC=C)C(=O)Nc1cc(C)on1. The molecule has 0 fully saturated rings. The molecule has 5 heteroatoms. The smallest absolute Gasteiger partial charge is 0.323 e. The Balaban J connectivity index is 2.60. The van der Waals surface area contributed by atoms with Crippen molar-refractivity contribution >= 4 is 11.8 Å². The standard InChI is InChI=1S/C11H15N3O2/c1-4-6-14(7-5-2)11(15)12-10-8-9(3)16-13-10/h4-5,8H,1-2,6-7H2,3H3,(H,12,13,15). The molecule has 0 aliphatic carbocycles. The summed E-state index contributed by atoms with van der Waals surface area (Å²) in [5.41, 5.74) is 0. The van der Waals surface area contributed by atoms with Gasteiger partial charge in [0.05, 0.1) is 0 Å². The minimum absolute atomic E-state index is 0.256. The molecule has 5 nitrogen and oxygen atoms in total. The number of nitrogens with one attached hydrogen (secondary N) is 1. The van der Waals surface area contributed by atoms with E-state index in [1.165, 1.54) is 0 Å². The number of rotatable bonds is 5. The molecule has 1 aromatic rings. The molecule has 0 saturated carbocycles. The summed E-state index contributed by atoms with van der Waals surface area (Å²) in [7, 11) is 0. The number of anilines is 1. The lowest BCUT2D eigenvalue weighted by atomic mass is 10.4. The Morgan fingerprint density at radius 2 is 2.19 bits per heavy atom. The highest BCUT2D eigenvalue weighted by Gasteiger charge is 2.12. The fraction of sp³-hybridized carbons (Fsp3) is 0.273. The number of carbonyl (C=O) groups excluding carboxylic acids is 1. The minimum Gasteiger partial charge on any atom is -0.360 e. The third-order valence-electron chi connectivity index (χ3n) is 1.85. The van der Waals surface area contributed by atoms with Crippen LogP contribution in [0.3, 0.4) is 0 Å². The van der Waals surface area contributed by atoms with E-state index in [1.54, 1.807) is 30.0 Å². The quantitative estimate of drug-likeness (QED) is 0.775. The van der Waals surface area contributed by atoms with Crippen molar-refractivity contribution < 1.29 is 9.32 Å². The summed E-state index contributed by atoms with van der Waals surface area (Å²) >= 11 is 0.